The van der Waals surface area contributed by atoms with Gasteiger partial charge in [0.25, 0.3) is 0 Å². The lowest BCUT2D eigenvalue weighted by molar-refractivity contribution is -0.133. The van der Waals surface area contributed by atoms with Crippen LogP contribution in [0.15, 0.2) is 5.16 Å². The van der Waals surface area contributed by atoms with Crippen molar-refractivity contribution in [2.75, 3.05) is 19.5 Å². The molecule has 1 atom stereocenters. The van der Waals surface area contributed by atoms with Crippen LogP contribution in [0.3, 0.4) is 0 Å². The van der Waals surface area contributed by atoms with E-state index in [1.807, 2.05) is 0 Å². The molecule has 0 spiro atoms. The molecule has 0 aliphatic rings. The number of carboxylic acid groups (broad SMARTS) is 1. The van der Waals surface area contributed by atoms with E-state index in [0.717, 1.165) is 11.8 Å². The Morgan fingerprint density at radius 3 is 2.82 bits per heavy atom. The number of ether oxygens (including phenoxy) is 1. The van der Waals surface area contributed by atoms with Crippen LogP contribution in [0.5, 0.6) is 0 Å². The summed E-state index contributed by atoms with van der Waals surface area (Å²) in [6.45, 7) is 2.50. The Morgan fingerprint density at radius 1 is 1.59 bits per heavy atom. The number of rotatable bonds is 7. The molecule has 0 fully saturated rings. The molecule has 0 amide bonds. The number of methoxy groups -OCH3 is 1. The summed E-state index contributed by atoms with van der Waals surface area (Å²) < 4.78 is 6.62. The number of hydrogen-bond donors (Lipinski definition) is 2. The topological polar surface area (TPSA) is 97.5 Å². The average molecular weight is 261 g/mol. The van der Waals surface area contributed by atoms with Crippen molar-refractivity contribution in [3.63, 3.8) is 0 Å². The third kappa shape index (κ3) is 3.99. The summed E-state index contributed by atoms with van der Waals surface area (Å²) >= 11 is 1.07. The smallest absolute Gasteiger partial charge is 0.313 e. The first-order valence-corrected chi connectivity index (χ1v) is 5.99. The molecular formula is C9H15N3O4S. The zero-order chi connectivity index (χ0) is 12.8. The van der Waals surface area contributed by atoms with Gasteiger partial charge in [-0.15, -0.1) is 10.2 Å². The number of hydrogen-bond acceptors (Lipinski definition) is 6. The molecule has 0 radical (unpaired) electrons. The minimum absolute atomic E-state index is 0.0923. The lowest BCUT2D eigenvalue weighted by atomic mass is 10.4. The molecule has 7 nitrogen and oxygen atoms in total. The van der Waals surface area contributed by atoms with Gasteiger partial charge in [0.15, 0.2) is 11.0 Å². The van der Waals surface area contributed by atoms with Crippen molar-refractivity contribution in [1.29, 1.82) is 0 Å². The molecule has 0 saturated heterocycles. The van der Waals surface area contributed by atoms with Crippen LogP contribution in [0, 0.1) is 0 Å². The van der Waals surface area contributed by atoms with E-state index in [-0.39, 0.29) is 5.75 Å². The summed E-state index contributed by atoms with van der Waals surface area (Å²) in [6.07, 6.45) is -0.751. The number of carboxylic acids is 1. The lowest BCUT2D eigenvalue weighted by Crippen LogP contribution is -2.12. The van der Waals surface area contributed by atoms with E-state index in [1.165, 1.54) is 0 Å². The second-order valence-electron chi connectivity index (χ2n) is 3.34. The van der Waals surface area contributed by atoms with Gasteiger partial charge in [-0.3, -0.25) is 4.79 Å². The standard InChI is InChI=1S/C9H15N3O4S/c1-6(13)8-10-11-9(17-5-7(14)15)12(8)3-4-16-2/h6,13H,3-5H2,1-2H3,(H,14,15)/t6-/m0/s1. The first-order valence-electron chi connectivity index (χ1n) is 5.01. The highest BCUT2D eigenvalue weighted by Crippen LogP contribution is 2.20. The van der Waals surface area contributed by atoms with Crippen molar-refractivity contribution >= 4 is 17.7 Å². The van der Waals surface area contributed by atoms with Crippen LogP contribution in [-0.2, 0) is 16.1 Å². The van der Waals surface area contributed by atoms with Gasteiger partial charge in [-0.1, -0.05) is 11.8 Å². The van der Waals surface area contributed by atoms with Gasteiger partial charge in [0, 0.05) is 13.7 Å². The molecule has 0 unspecified atom stereocenters. The fraction of sp³-hybridized carbons (Fsp3) is 0.667. The first kappa shape index (κ1) is 13.9. The third-order valence-corrected chi connectivity index (χ3v) is 2.91. The van der Waals surface area contributed by atoms with Crippen LogP contribution < -0.4 is 0 Å². The van der Waals surface area contributed by atoms with Crippen LogP contribution in [0.4, 0.5) is 0 Å². The Bertz CT molecular complexity index is 380. The molecule has 2 N–H and O–H groups in total. The van der Waals surface area contributed by atoms with Crippen LogP contribution >= 0.6 is 11.8 Å². The molecule has 17 heavy (non-hydrogen) atoms. The molecule has 8 heteroatoms. The van der Waals surface area contributed by atoms with Gasteiger partial charge in [-0.05, 0) is 6.92 Å². The van der Waals surface area contributed by atoms with Crippen LogP contribution in [0.25, 0.3) is 0 Å². The van der Waals surface area contributed by atoms with E-state index < -0.39 is 12.1 Å². The van der Waals surface area contributed by atoms with Crippen molar-refractivity contribution in [1.82, 2.24) is 14.8 Å². The van der Waals surface area contributed by atoms with Crippen molar-refractivity contribution in [3.05, 3.63) is 5.82 Å². The summed E-state index contributed by atoms with van der Waals surface area (Å²) in [6, 6.07) is 0. The Morgan fingerprint density at radius 2 is 2.29 bits per heavy atom. The van der Waals surface area contributed by atoms with E-state index in [9.17, 15) is 9.90 Å². The van der Waals surface area contributed by atoms with Gasteiger partial charge in [0.1, 0.15) is 6.10 Å². The summed E-state index contributed by atoms with van der Waals surface area (Å²) in [5.74, 6) is -0.602. The molecule has 0 bridgehead atoms. The highest BCUT2D eigenvalue weighted by molar-refractivity contribution is 7.99. The molecule has 0 aliphatic carbocycles. The van der Waals surface area contributed by atoms with Gasteiger partial charge in [-0.2, -0.15) is 0 Å². The van der Waals surface area contributed by atoms with E-state index in [2.05, 4.69) is 10.2 Å². The van der Waals surface area contributed by atoms with Crippen LogP contribution in [0.2, 0.25) is 0 Å². The molecule has 0 aromatic carbocycles. The minimum atomic E-state index is -0.921. The molecule has 0 aliphatic heterocycles. The fourth-order valence-electron chi connectivity index (χ4n) is 1.23. The second kappa shape index (κ2) is 6.58. The van der Waals surface area contributed by atoms with Gasteiger partial charge in [0.2, 0.25) is 0 Å². The maximum Gasteiger partial charge on any atom is 0.313 e. The lowest BCUT2D eigenvalue weighted by Gasteiger charge is -2.10. The minimum Gasteiger partial charge on any atom is -0.481 e. The summed E-state index contributed by atoms with van der Waals surface area (Å²) in [7, 11) is 1.57. The van der Waals surface area contributed by atoms with Gasteiger partial charge >= 0.3 is 5.97 Å². The monoisotopic (exact) mass is 261 g/mol. The molecule has 1 aromatic rings. The Hall–Kier alpha value is -1.12. The Balaban J connectivity index is 2.83. The Labute approximate surface area is 103 Å². The normalized spacial score (nSPS) is 12.6. The highest BCUT2D eigenvalue weighted by Gasteiger charge is 2.16. The molecular weight excluding hydrogens is 246 g/mol. The number of nitrogens with zero attached hydrogens (tertiary/aromatic N) is 3. The highest BCUT2D eigenvalue weighted by atomic mass is 32.2. The van der Waals surface area contributed by atoms with E-state index in [0.29, 0.717) is 24.1 Å². The Kier molecular flexibility index (Phi) is 5.39. The second-order valence-corrected chi connectivity index (χ2v) is 4.29. The van der Waals surface area contributed by atoms with Crippen molar-refractivity contribution in [3.8, 4) is 0 Å². The largest absolute Gasteiger partial charge is 0.481 e. The number of aromatic nitrogens is 3. The molecule has 96 valence electrons. The average Bonchev–Trinajstić information content (AvgIpc) is 2.66. The van der Waals surface area contributed by atoms with Crippen LogP contribution in [-0.4, -0.2) is 50.4 Å². The van der Waals surface area contributed by atoms with Crippen molar-refractivity contribution in [2.45, 2.75) is 24.7 Å². The SMILES string of the molecule is COCCn1c(SCC(=O)O)nnc1[C@H](C)O. The van der Waals surface area contributed by atoms with E-state index in [4.69, 9.17) is 9.84 Å². The molecule has 0 saturated carbocycles. The maximum atomic E-state index is 10.5. The number of aliphatic carboxylic acids is 1. The first-order chi connectivity index (χ1) is 8.06. The quantitative estimate of drug-likeness (QED) is 0.674. The third-order valence-electron chi connectivity index (χ3n) is 1.96. The van der Waals surface area contributed by atoms with E-state index >= 15 is 0 Å². The van der Waals surface area contributed by atoms with Crippen molar-refractivity contribution < 1.29 is 19.7 Å². The molecule has 1 heterocycles. The maximum absolute atomic E-state index is 10.5. The van der Waals surface area contributed by atoms with Crippen molar-refractivity contribution in [2.24, 2.45) is 0 Å². The predicted octanol–water partition coefficient (Wildman–Crippen LogP) is 0.154. The zero-order valence-corrected chi connectivity index (χ0v) is 10.5. The molecule has 1 aromatic heterocycles. The van der Waals surface area contributed by atoms with Gasteiger partial charge in [0.05, 0.1) is 12.4 Å². The molecule has 1 rings (SSSR count). The zero-order valence-electron chi connectivity index (χ0n) is 9.66. The summed E-state index contributed by atoms with van der Waals surface area (Å²) in [4.78, 5) is 10.5. The fourth-order valence-corrected chi connectivity index (χ4v) is 1.93. The van der Waals surface area contributed by atoms with Gasteiger partial charge in [-0.25, -0.2) is 0 Å². The predicted molar refractivity (Wildman–Crippen MR) is 60.9 cm³/mol. The van der Waals surface area contributed by atoms with E-state index in [1.54, 1.807) is 18.6 Å². The number of carbonyl (C=O) groups is 1. The number of aliphatic hydroxyl groups is 1. The number of aliphatic hydroxyl groups excluding tert-OH is 1. The van der Waals surface area contributed by atoms with Gasteiger partial charge < -0.3 is 19.5 Å². The number of thioether (sulfide) groups is 1. The van der Waals surface area contributed by atoms with Crippen LogP contribution in [0.1, 0.15) is 18.9 Å². The summed E-state index contributed by atoms with van der Waals surface area (Å²) in [5, 5.41) is 26.3. The summed E-state index contributed by atoms with van der Waals surface area (Å²) in [5.41, 5.74) is 0.